The fourth-order valence-electron chi connectivity index (χ4n) is 3.46. The molecular formula is C12H16O2S. The minimum atomic E-state index is -2.84. The molecule has 0 unspecified atom stereocenters. The molecule has 0 heterocycles. The third-order valence-corrected chi connectivity index (χ3v) is 4.98. The number of hydrogen-bond donors (Lipinski definition) is 0. The van der Waals surface area contributed by atoms with Gasteiger partial charge in [-0.3, -0.25) is 0 Å². The van der Waals surface area contributed by atoms with E-state index in [0.29, 0.717) is 5.75 Å². The Labute approximate surface area is 91.0 Å². The van der Waals surface area contributed by atoms with E-state index in [1.807, 2.05) is 0 Å². The predicted octanol–water partition coefficient (Wildman–Crippen LogP) is 2.23. The third-order valence-electron chi connectivity index (χ3n) is 4.04. The van der Waals surface area contributed by atoms with Crippen molar-refractivity contribution in [1.82, 2.24) is 0 Å². The second-order valence-corrected chi connectivity index (χ2v) is 7.26. The molecule has 0 radical (unpaired) electrons. The monoisotopic (exact) mass is 224 g/mol. The summed E-state index contributed by atoms with van der Waals surface area (Å²) in [6.45, 7) is 0. The van der Waals surface area contributed by atoms with Crippen LogP contribution >= 0.6 is 0 Å². The average Bonchev–Trinajstić information content (AvgIpc) is 2.56. The van der Waals surface area contributed by atoms with Crippen LogP contribution in [-0.2, 0) is 9.84 Å². The smallest absolute Gasteiger partial charge is 0.148 e. The Balaban J connectivity index is 2.03. The van der Waals surface area contributed by atoms with E-state index in [1.54, 1.807) is 11.1 Å². The van der Waals surface area contributed by atoms with Crippen LogP contribution in [0, 0.1) is 5.92 Å². The van der Waals surface area contributed by atoms with Crippen LogP contribution in [0.5, 0.6) is 0 Å². The van der Waals surface area contributed by atoms with Crippen LogP contribution in [-0.4, -0.2) is 20.4 Å². The lowest BCUT2D eigenvalue weighted by Gasteiger charge is -2.20. The average molecular weight is 224 g/mol. The summed E-state index contributed by atoms with van der Waals surface area (Å²) in [5, 5.41) is 0. The van der Waals surface area contributed by atoms with Crippen molar-refractivity contribution < 1.29 is 8.42 Å². The Hall–Kier alpha value is -0.570. The first-order valence-electron chi connectivity index (χ1n) is 5.64. The van der Waals surface area contributed by atoms with Gasteiger partial charge in [0.15, 0.2) is 0 Å². The van der Waals surface area contributed by atoms with E-state index in [0.717, 1.165) is 12.8 Å². The van der Waals surface area contributed by atoms with Gasteiger partial charge in [0.25, 0.3) is 0 Å². The zero-order valence-corrected chi connectivity index (χ0v) is 9.86. The second-order valence-electron chi connectivity index (χ2n) is 5.08. The molecule has 3 rings (SSSR count). The van der Waals surface area contributed by atoms with Crippen LogP contribution in [0.1, 0.15) is 32.1 Å². The van der Waals surface area contributed by atoms with Gasteiger partial charge in [0.05, 0.1) is 5.75 Å². The molecule has 0 aliphatic heterocycles. The number of allylic oxidation sites excluding steroid dienone is 4. The topological polar surface area (TPSA) is 34.1 Å². The molecule has 0 saturated heterocycles. The molecule has 2 saturated carbocycles. The van der Waals surface area contributed by atoms with E-state index in [1.165, 1.54) is 36.7 Å². The number of sulfone groups is 1. The van der Waals surface area contributed by atoms with Crippen LogP contribution in [0.15, 0.2) is 22.3 Å². The maximum atomic E-state index is 11.4. The zero-order chi connectivity index (χ0) is 10.6. The minimum absolute atomic E-state index is 0.279. The van der Waals surface area contributed by atoms with Crippen molar-refractivity contribution in [2.45, 2.75) is 32.1 Å². The highest BCUT2D eigenvalue weighted by Crippen LogP contribution is 2.52. The number of fused-ring (bicyclic) bond motifs is 4. The molecule has 2 fully saturated rings. The zero-order valence-electron chi connectivity index (χ0n) is 9.04. The van der Waals surface area contributed by atoms with Crippen LogP contribution in [0.2, 0.25) is 0 Å². The Morgan fingerprint density at radius 2 is 1.60 bits per heavy atom. The normalized spacial score (nSPS) is 25.7. The van der Waals surface area contributed by atoms with Crippen molar-refractivity contribution >= 4 is 9.84 Å². The first kappa shape index (κ1) is 9.64. The molecule has 0 aromatic heterocycles. The van der Waals surface area contributed by atoms with Crippen LogP contribution in [0.3, 0.4) is 0 Å². The van der Waals surface area contributed by atoms with Gasteiger partial charge < -0.3 is 0 Å². The summed E-state index contributed by atoms with van der Waals surface area (Å²) < 4.78 is 22.8. The summed E-state index contributed by atoms with van der Waals surface area (Å²) in [7, 11) is -2.84. The fourth-order valence-corrected chi connectivity index (χ4v) is 4.47. The van der Waals surface area contributed by atoms with E-state index in [4.69, 9.17) is 0 Å². The predicted molar refractivity (Wildman–Crippen MR) is 60.3 cm³/mol. The Bertz CT molecular complexity index is 452. The molecule has 0 N–H and O–H groups in total. The first-order valence-corrected chi connectivity index (χ1v) is 7.70. The minimum Gasteiger partial charge on any atom is -0.229 e. The maximum absolute atomic E-state index is 11.4. The lowest BCUT2D eigenvalue weighted by atomic mass is 9.89. The van der Waals surface area contributed by atoms with Crippen molar-refractivity contribution in [1.29, 1.82) is 0 Å². The van der Waals surface area contributed by atoms with Gasteiger partial charge in [-0.05, 0) is 32.1 Å². The van der Waals surface area contributed by atoms with Gasteiger partial charge in [-0.2, -0.15) is 0 Å². The molecule has 82 valence electrons. The molecule has 0 spiro atoms. The molecule has 3 aliphatic rings. The van der Waals surface area contributed by atoms with Crippen LogP contribution in [0.25, 0.3) is 0 Å². The van der Waals surface area contributed by atoms with E-state index in [2.05, 4.69) is 0 Å². The largest absolute Gasteiger partial charge is 0.229 e. The maximum Gasteiger partial charge on any atom is 0.148 e. The fraction of sp³-hybridized carbons (Fsp3) is 0.667. The molecule has 4 bridgehead atoms. The van der Waals surface area contributed by atoms with Gasteiger partial charge >= 0.3 is 0 Å². The molecule has 3 aliphatic carbocycles. The van der Waals surface area contributed by atoms with Crippen LogP contribution < -0.4 is 0 Å². The van der Waals surface area contributed by atoms with E-state index < -0.39 is 9.84 Å². The standard InChI is InChI=1S/C12H16O2S/c1-15(13,14)7-12-10-4-5-11(12)9-3-2-8(10)6-9/h12H,2-7H2,1H3. The Morgan fingerprint density at radius 1 is 1.07 bits per heavy atom. The molecule has 0 amide bonds. The van der Waals surface area contributed by atoms with E-state index in [-0.39, 0.29) is 5.92 Å². The lowest BCUT2D eigenvalue weighted by molar-refractivity contribution is 0.594. The van der Waals surface area contributed by atoms with E-state index >= 15 is 0 Å². The van der Waals surface area contributed by atoms with Crippen LogP contribution in [0.4, 0.5) is 0 Å². The van der Waals surface area contributed by atoms with Crippen molar-refractivity contribution in [3.8, 4) is 0 Å². The molecule has 0 aromatic rings. The van der Waals surface area contributed by atoms with Crippen molar-refractivity contribution in [2.24, 2.45) is 5.92 Å². The molecular weight excluding hydrogens is 208 g/mol. The summed E-state index contributed by atoms with van der Waals surface area (Å²) >= 11 is 0. The molecule has 0 aromatic carbocycles. The van der Waals surface area contributed by atoms with Gasteiger partial charge in [0.2, 0.25) is 0 Å². The Morgan fingerprint density at radius 3 is 2.07 bits per heavy atom. The summed E-state index contributed by atoms with van der Waals surface area (Å²) in [6.07, 6.45) is 7.20. The van der Waals surface area contributed by atoms with Gasteiger partial charge in [0, 0.05) is 12.2 Å². The quantitative estimate of drug-likeness (QED) is 0.674. The number of hydrogen-bond acceptors (Lipinski definition) is 2. The number of rotatable bonds is 2. The highest BCUT2D eigenvalue weighted by Gasteiger charge is 2.38. The molecule has 15 heavy (non-hydrogen) atoms. The second kappa shape index (κ2) is 2.97. The summed E-state index contributed by atoms with van der Waals surface area (Å²) in [4.78, 5) is 0. The third kappa shape index (κ3) is 1.48. The van der Waals surface area contributed by atoms with Gasteiger partial charge in [-0.25, -0.2) is 8.42 Å². The van der Waals surface area contributed by atoms with E-state index in [9.17, 15) is 8.42 Å². The van der Waals surface area contributed by atoms with Gasteiger partial charge in [-0.1, -0.05) is 22.3 Å². The summed E-state index contributed by atoms with van der Waals surface area (Å²) in [5.41, 5.74) is 6.10. The Kier molecular flexibility index (Phi) is 1.91. The van der Waals surface area contributed by atoms with Crippen molar-refractivity contribution in [2.75, 3.05) is 12.0 Å². The molecule has 3 heteroatoms. The highest BCUT2D eigenvalue weighted by molar-refractivity contribution is 7.90. The van der Waals surface area contributed by atoms with Gasteiger partial charge in [0.1, 0.15) is 9.84 Å². The first-order chi connectivity index (χ1) is 7.04. The summed E-state index contributed by atoms with van der Waals surface area (Å²) in [5.74, 6) is 0.631. The molecule has 0 atom stereocenters. The van der Waals surface area contributed by atoms with Crippen molar-refractivity contribution in [3.63, 3.8) is 0 Å². The SMILES string of the molecule is CS(=O)(=O)CC1C2=C3CCC(=C1CC2)C3. The van der Waals surface area contributed by atoms with Crippen molar-refractivity contribution in [3.05, 3.63) is 22.3 Å². The summed E-state index contributed by atoms with van der Waals surface area (Å²) in [6, 6.07) is 0. The molecule has 2 nitrogen and oxygen atoms in total. The van der Waals surface area contributed by atoms with Gasteiger partial charge in [-0.15, -0.1) is 0 Å². The lowest BCUT2D eigenvalue weighted by Crippen LogP contribution is -2.17. The highest BCUT2D eigenvalue weighted by atomic mass is 32.2.